The maximum atomic E-state index is 11.0. The summed E-state index contributed by atoms with van der Waals surface area (Å²) in [7, 11) is 3.25. The lowest BCUT2D eigenvalue weighted by Gasteiger charge is -2.14. The molecule has 0 fully saturated rings. The summed E-state index contributed by atoms with van der Waals surface area (Å²) < 4.78 is 14.4. The molecule has 0 bridgehead atoms. The van der Waals surface area contributed by atoms with Crippen LogP contribution >= 0.6 is 0 Å². The first-order valence-corrected chi connectivity index (χ1v) is 5.83. The largest absolute Gasteiger partial charge is 0.463 e. The molecule has 0 radical (unpaired) electrons. The van der Waals surface area contributed by atoms with Gasteiger partial charge in [0, 0.05) is 20.6 Å². The Morgan fingerprint density at radius 1 is 1.24 bits per heavy atom. The van der Waals surface area contributed by atoms with E-state index in [9.17, 15) is 4.79 Å². The molecule has 0 spiro atoms. The number of rotatable bonds is 7. The molecule has 0 heterocycles. The minimum absolute atomic E-state index is 0.162. The van der Waals surface area contributed by atoms with Crippen LogP contribution in [-0.2, 0) is 19.0 Å². The van der Waals surface area contributed by atoms with E-state index in [2.05, 4.69) is 4.74 Å². The number of aliphatic hydroxyl groups excluding tert-OH is 1. The van der Waals surface area contributed by atoms with Crippen molar-refractivity contribution >= 4 is 5.97 Å². The van der Waals surface area contributed by atoms with E-state index in [-0.39, 0.29) is 25.3 Å². The van der Waals surface area contributed by atoms with Crippen LogP contribution in [0.4, 0.5) is 0 Å². The van der Waals surface area contributed by atoms with Gasteiger partial charge >= 0.3 is 5.97 Å². The normalized spacial score (nSPS) is 13.3. The van der Waals surface area contributed by atoms with Crippen molar-refractivity contribution in [1.29, 1.82) is 0 Å². The van der Waals surface area contributed by atoms with Crippen LogP contribution in [0.5, 0.6) is 0 Å². The van der Waals surface area contributed by atoms with Crippen LogP contribution in [-0.4, -0.2) is 50.7 Å². The van der Waals surface area contributed by atoms with Gasteiger partial charge in [-0.25, -0.2) is 0 Å². The summed E-state index contributed by atoms with van der Waals surface area (Å²) in [5.41, 5.74) is 0. The quantitative estimate of drug-likeness (QED) is 0.691. The second-order valence-electron chi connectivity index (χ2n) is 3.83. The van der Waals surface area contributed by atoms with Gasteiger partial charge in [0.25, 0.3) is 0 Å². The summed E-state index contributed by atoms with van der Waals surface area (Å²) >= 11 is 0. The monoisotopic (exact) mass is 250 g/mol. The predicted octanol–water partition coefficient (Wildman–Crippen LogP) is 1.38. The van der Waals surface area contributed by atoms with Crippen LogP contribution in [0.1, 0.15) is 33.6 Å². The van der Waals surface area contributed by atoms with Crippen molar-refractivity contribution in [3.8, 4) is 0 Å². The van der Waals surface area contributed by atoms with Crippen LogP contribution in [0.2, 0.25) is 0 Å². The Hall–Kier alpha value is -0.650. The van der Waals surface area contributed by atoms with E-state index < -0.39 is 6.10 Å². The van der Waals surface area contributed by atoms with E-state index in [1.54, 1.807) is 21.1 Å². The van der Waals surface area contributed by atoms with Gasteiger partial charge in [-0.05, 0) is 20.3 Å². The zero-order chi connectivity index (χ0) is 13.7. The van der Waals surface area contributed by atoms with Crippen molar-refractivity contribution < 1.29 is 24.1 Å². The lowest BCUT2D eigenvalue weighted by Crippen LogP contribution is -2.22. The van der Waals surface area contributed by atoms with E-state index in [1.807, 2.05) is 13.8 Å². The van der Waals surface area contributed by atoms with Crippen LogP contribution in [0.15, 0.2) is 0 Å². The molecule has 0 saturated heterocycles. The molecule has 0 saturated carbocycles. The number of hydrogen-bond donors (Lipinski definition) is 1. The van der Waals surface area contributed by atoms with Gasteiger partial charge in [0.1, 0.15) is 6.61 Å². The van der Waals surface area contributed by atoms with Crippen molar-refractivity contribution in [1.82, 2.24) is 0 Å². The molecule has 0 aromatic rings. The van der Waals surface area contributed by atoms with E-state index >= 15 is 0 Å². The van der Waals surface area contributed by atoms with Gasteiger partial charge in [-0.1, -0.05) is 6.92 Å². The summed E-state index contributed by atoms with van der Waals surface area (Å²) in [5, 5.41) is 8.93. The fourth-order valence-electron chi connectivity index (χ4n) is 0.838. The zero-order valence-corrected chi connectivity index (χ0v) is 11.6. The third kappa shape index (κ3) is 17.9. The first kappa shape index (κ1) is 18.7. The lowest BCUT2D eigenvalue weighted by atomic mass is 10.3. The van der Waals surface area contributed by atoms with Crippen molar-refractivity contribution in [3.63, 3.8) is 0 Å². The van der Waals surface area contributed by atoms with E-state index in [0.717, 1.165) is 6.42 Å². The van der Waals surface area contributed by atoms with E-state index in [1.165, 1.54) is 0 Å². The lowest BCUT2D eigenvalue weighted by molar-refractivity contribution is -0.148. The van der Waals surface area contributed by atoms with Crippen molar-refractivity contribution in [3.05, 3.63) is 0 Å². The Balaban J connectivity index is 0. The standard InChI is InChI=1S/C10H20O4.C2H6O/c1-4-5-10(12)14-7-9(3)13-6-8(2)11;1-3-2/h8-9,11H,4-7H2,1-3H3;1-2H3. The summed E-state index contributed by atoms with van der Waals surface area (Å²) in [4.78, 5) is 11.0. The highest BCUT2D eigenvalue weighted by molar-refractivity contribution is 5.69. The van der Waals surface area contributed by atoms with Crippen molar-refractivity contribution in [2.45, 2.75) is 45.8 Å². The highest BCUT2D eigenvalue weighted by atomic mass is 16.6. The minimum atomic E-state index is -0.483. The second-order valence-corrected chi connectivity index (χ2v) is 3.83. The number of aliphatic hydroxyl groups is 1. The second kappa shape index (κ2) is 13.4. The molecule has 2 atom stereocenters. The van der Waals surface area contributed by atoms with Gasteiger partial charge in [-0.2, -0.15) is 0 Å². The Bertz CT molecular complexity index is 170. The Morgan fingerprint density at radius 2 is 1.76 bits per heavy atom. The smallest absolute Gasteiger partial charge is 0.305 e. The summed E-state index contributed by atoms with van der Waals surface area (Å²) in [6.07, 6.45) is 0.597. The molecule has 5 heteroatoms. The molecule has 5 nitrogen and oxygen atoms in total. The average Bonchev–Trinajstić information content (AvgIpc) is 2.25. The molecule has 0 amide bonds. The molecule has 2 unspecified atom stereocenters. The van der Waals surface area contributed by atoms with Crippen molar-refractivity contribution in [2.24, 2.45) is 0 Å². The molecule has 0 rings (SSSR count). The van der Waals surface area contributed by atoms with Gasteiger partial charge in [0.2, 0.25) is 0 Å². The van der Waals surface area contributed by atoms with Gasteiger partial charge in [-0.15, -0.1) is 0 Å². The first-order chi connectivity index (χ1) is 7.97. The maximum absolute atomic E-state index is 11.0. The highest BCUT2D eigenvalue weighted by Crippen LogP contribution is 1.97. The number of carbonyl (C=O) groups is 1. The van der Waals surface area contributed by atoms with Gasteiger partial charge in [0.15, 0.2) is 0 Å². The van der Waals surface area contributed by atoms with E-state index in [4.69, 9.17) is 14.6 Å². The van der Waals surface area contributed by atoms with E-state index in [0.29, 0.717) is 6.42 Å². The zero-order valence-electron chi connectivity index (χ0n) is 11.6. The molecule has 17 heavy (non-hydrogen) atoms. The number of hydrogen-bond acceptors (Lipinski definition) is 5. The van der Waals surface area contributed by atoms with Crippen LogP contribution in [0.3, 0.4) is 0 Å². The van der Waals surface area contributed by atoms with Gasteiger partial charge in [-0.3, -0.25) is 4.79 Å². The number of methoxy groups -OCH3 is 1. The SMILES string of the molecule is CCCC(=O)OCC(C)OCC(C)O.COC. The average molecular weight is 250 g/mol. The first-order valence-electron chi connectivity index (χ1n) is 5.83. The number of ether oxygens (including phenoxy) is 3. The third-order valence-corrected chi connectivity index (χ3v) is 1.56. The third-order valence-electron chi connectivity index (χ3n) is 1.56. The van der Waals surface area contributed by atoms with Crippen LogP contribution < -0.4 is 0 Å². The summed E-state index contributed by atoms with van der Waals surface area (Å²) in [5.74, 6) is -0.194. The topological polar surface area (TPSA) is 65.0 Å². The fourth-order valence-corrected chi connectivity index (χ4v) is 0.838. The van der Waals surface area contributed by atoms with Crippen molar-refractivity contribution in [2.75, 3.05) is 27.4 Å². The Kier molecular flexibility index (Phi) is 14.8. The Morgan fingerprint density at radius 3 is 2.18 bits per heavy atom. The maximum Gasteiger partial charge on any atom is 0.305 e. The Labute approximate surface area is 104 Å². The molecule has 1 N–H and O–H groups in total. The molecular formula is C12H26O5. The molecule has 0 aliphatic carbocycles. The number of esters is 1. The predicted molar refractivity (Wildman–Crippen MR) is 65.9 cm³/mol. The summed E-state index contributed by atoms with van der Waals surface area (Å²) in [6.45, 7) is 5.91. The van der Waals surface area contributed by atoms with Gasteiger partial charge < -0.3 is 19.3 Å². The van der Waals surface area contributed by atoms with Crippen LogP contribution in [0.25, 0.3) is 0 Å². The van der Waals surface area contributed by atoms with Crippen LogP contribution in [0, 0.1) is 0 Å². The molecule has 0 aromatic carbocycles. The minimum Gasteiger partial charge on any atom is -0.463 e. The highest BCUT2D eigenvalue weighted by Gasteiger charge is 2.07. The summed E-state index contributed by atoms with van der Waals surface area (Å²) in [6, 6.07) is 0. The number of carbonyl (C=O) groups excluding carboxylic acids is 1. The molecule has 0 aliphatic heterocycles. The molecule has 0 aliphatic rings. The molecular weight excluding hydrogens is 224 g/mol. The fraction of sp³-hybridized carbons (Fsp3) is 0.917. The molecule has 0 aromatic heterocycles. The van der Waals surface area contributed by atoms with Gasteiger partial charge in [0.05, 0.1) is 18.8 Å². The molecule has 104 valence electrons.